The van der Waals surface area contributed by atoms with Gasteiger partial charge in [0.1, 0.15) is 0 Å². The SMILES string of the molecule is CCS(=O)(=O)[C@@](Br)(I)C(=O)c1ccc(Cl)cc1Cl. The summed E-state index contributed by atoms with van der Waals surface area (Å²) in [5.74, 6) is -0.773. The minimum Gasteiger partial charge on any atom is -0.290 e. The van der Waals surface area contributed by atoms with Crippen molar-refractivity contribution in [1.29, 1.82) is 0 Å². The van der Waals surface area contributed by atoms with Crippen molar-refractivity contribution in [2.45, 2.75) is 8.59 Å². The molecule has 18 heavy (non-hydrogen) atoms. The third kappa shape index (κ3) is 3.20. The highest BCUT2D eigenvalue weighted by atomic mass is 127. The van der Waals surface area contributed by atoms with Crippen LogP contribution < -0.4 is 0 Å². The van der Waals surface area contributed by atoms with Gasteiger partial charge in [-0.15, -0.1) is 0 Å². The van der Waals surface area contributed by atoms with Crippen molar-refractivity contribution < 1.29 is 13.2 Å². The van der Waals surface area contributed by atoms with Crippen LogP contribution in [0.4, 0.5) is 0 Å². The molecule has 1 atom stereocenters. The third-order valence-electron chi connectivity index (χ3n) is 2.21. The maximum absolute atomic E-state index is 12.2. The first kappa shape index (κ1) is 16.7. The summed E-state index contributed by atoms with van der Waals surface area (Å²) in [6.45, 7) is 1.47. The Bertz CT molecular complexity index is 587. The second-order valence-corrected chi connectivity index (χ2v) is 12.2. The van der Waals surface area contributed by atoms with E-state index in [1.54, 1.807) is 22.6 Å². The highest BCUT2D eigenvalue weighted by Crippen LogP contribution is 2.39. The van der Waals surface area contributed by atoms with Gasteiger partial charge in [0.25, 0.3) is 0 Å². The molecule has 100 valence electrons. The number of benzene rings is 1. The molecular formula is C10H8BrCl2IO3S. The van der Waals surface area contributed by atoms with E-state index in [-0.39, 0.29) is 16.3 Å². The molecule has 1 rings (SSSR count). The Morgan fingerprint density at radius 3 is 2.44 bits per heavy atom. The monoisotopic (exact) mass is 484 g/mol. The third-order valence-corrected chi connectivity index (χ3v) is 8.83. The molecule has 0 fully saturated rings. The Morgan fingerprint density at radius 1 is 1.44 bits per heavy atom. The number of ketones is 1. The van der Waals surface area contributed by atoms with Gasteiger partial charge in [0.05, 0.1) is 10.8 Å². The molecule has 1 aromatic rings. The minimum atomic E-state index is -3.61. The van der Waals surface area contributed by atoms with Gasteiger partial charge < -0.3 is 0 Å². The van der Waals surface area contributed by atoms with E-state index in [1.165, 1.54) is 25.1 Å². The van der Waals surface area contributed by atoms with E-state index in [9.17, 15) is 13.2 Å². The Kier molecular flexibility index (Phi) is 5.51. The van der Waals surface area contributed by atoms with Crippen molar-refractivity contribution in [2.24, 2.45) is 0 Å². The van der Waals surface area contributed by atoms with Crippen LogP contribution in [-0.2, 0) is 9.84 Å². The summed E-state index contributed by atoms with van der Waals surface area (Å²) in [5.41, 5.74) is 0.115. The molecule has 0 aliphatic rings. The Labute approximate surface area is 137 Å². The second-order valence-electron chi connectivity index (χ2n) is 3.37. The summed E-state index contributed by atoms with van der Waals surface area (Å²) < 4.78 is 22.0. The molecule has 0 radical (unpaired) electrons. The zero-order chi connectivity index (χ0) is 14.1. The first-order chi connectivity index (χ1) is 8.13. The molecule has 0 unspecified atom stereocenters. The number of hydrogen-bond acceptors (Lipinski definition) is 3. The van der Waals surface area contributed by atoms with Crippen molar-refractivity contribution in [1.82, 2.24) is 0 Å². The molecule has 0 heterocycles. The van der Waals surface area contributed by atoms with Crippen LogP contribution in [0.1, 0.15) is 17.3 Å². The number of hydrogen-bond donors (Lipinski definition) is 0. The fourth-order valence-corrected chi connectivity index (χ4v) is 4.53. The molecule has 0 spiro atoms. The molecule has 0 saturated carbocycles. The highest BCUT2D eigenvalue weighted by molar-refractivity contribution is 14.1. The number of alkyl halides is 2. The summed E-state index contributed by atoms with van der Waals surface area (Å²) in [7, 11) is -3.61. The number of carbonyl (C=O) groups is 1. The summed E-state index contributed by atoms with van der Waals surface area (Å²) in [5, 5.41) is 0.503. The van der Waals surface area contributed by atoms with Crippen molar-refractivity contribution in [3.05, 3.63) is 33.8 Å². The van der Waals surface area contributed by atoms with E-state index in [0.29, 0.717) is 5.02 Å². The summed E-state index contributed by atoms with van der Waals surface area (Å²) in [4.78, 5) is 12.2. The highest BCUT2D eigenvalue weighted by Gasteiger charge is 2.45. The lowest BCUT2D eigenvalue weighted by molar-refractivity contribution is 0.101. The van der Waals surface area contributed by atoms with Crippen LogP contribution in [0.2, 0.25) is 10.0 Å². The van der Waals surface area contributed by atoms with E-state index in [0.717, 1.165) is 0 Å². The Hall–Kier alpha value is 0.630. The number of halogens is 4. The van der Waals surface area contributed by atoms with E-state index >= 15 is 0 Å². The molecule has 1 aromatic carbocycles. The molecule has 0 aliphatic heterocycles. The topological polar surface area (TPSA) is 51.2 Å². The van der Waals surface area contributed by atoms with E-state index in [2.05, 4.69) is 15.9 Å². The molecule has 0 amide bonds. The lowest BCUT2D eigenvalue weighted by Gasteiger charge is -2.19. The average molecular weight is 486 g/mol. The van der Waals surface area contributed by atoms with Gasteiger partial charge in [0.2, 0.25) is 7.45 Å². The van der Waals surface area contributed by atoms with E-state index < -0.39 is 17.3 Å². The fraction of sp³-hybridized carbons (Fsp3) is 0.300. The molecule has 0 bridgehead atoms. The van der Waals surface area contributed by atoms with Crippen LogP contribution in [0, 0.1) is 0 Å². The van der Waals surface area contributed by atoms with Gasteiger partial charge in [0, 0.05) is 10.6 Å². The van der Waals surface area contributed by atoms with Gasteiger partial charge in [-0.25, -0.2) is 8.42 Å². The summed E-state index contributed by atoms with van der Waals surface area (Å²) >= 11 is 16.2. The zero-order valence-corrected chi connectivity index (χ0v) is 15.2. The van der Waals surface area contributed by atoms with Crippen LogP contribution in [0.5, 0.6) is 0 Å². The summed E-state index contributed by atoms with van der Waals surface area (Å²) in [6.07, 6.45) is 0. The first-order valence-corrected chi connectivity index (χ1v) is 9.01. The van der Waals surface area contributed by atoms with Crippen LogP contribution in [0.3, 0.4) is 0 Å². The van der Waals surface area contributed by atoms with Gasteiger partial charge in [-0.2, -0.15) is 0 Å². The molecular weight excluding hydrogens is 478 g/mol. The van der Waals surface area contributed by atoms with Gasteiger partial charge in [-0.3, -0.25) is 4.79 Å². The van der Waals surface area contributed by atoms with Crippen LogP contribution in [0.15, 0.2) is 18.2 Å². The predicted molar refractivity (Wildman–Crippen MR) is 85.9 cm³/mol. The maximum Gasteiger partial charge on any atom is 0.239 e. The fourth-order valence-electron chi connectivity index (χ4n) is 1.15. The molecule has 3 nitrogen and oxygen atoms in total. The smallest absolute Gasteiger partial charge is 0.239 e. The average Bonchev–Trinajstić information content (AvgIpc) is 2.28. The maximum atomic E-state index is 12.2. The van der Waals surface area contributed by atoms with Crippen molar-refractivity contribution in [3.8, 4) is 0 Å². The van der Waals surface area contributed by atoms with Gasteiger partial charge >= 0.3 is 0 Å². The molecule has 0 aromatic heterocycles. The van der Waals surface area contributed by atoms with E-state index in [1.807, 2.05) is 0 Å². The largest absolute Gasteiger partial charge is 0.290 e. The lowest BCUT2D eigenvalue weighted by atomic mass is 10.1. The molecule has 8 heteroatoms. The molecule has 0 saturated heterocycles. The number of Topliss-reactive ketones (excluding diaryl/α,β-unsaturated/α-hetero) is 1. The van der Waals surface area contributed by atoms with Crippen LogP contribution in [0.25, 0.3) is 0 Å². The lowest BCUT2D eigenvalue weighted by Crippen LogP contribution is -2.35. The normalized spacial score (nSPS) is 15.2. The second kappa shape index (κ2) is 5.95. The number of rotatable bonds is 4. The molecule has 0 N–H and O–H groups in total. The Balaban J connectivity index is 3.31. The van der Waals surface area contributed by atoms with Gasteiger partial charge in [-0.1, -0.05) is 30.1 Å². The summed E-state index contributed by atoms with van der Waals surface area (Å²) in [6, 6.07) is 4.29. The first-order valence-electron chi connectivity index (χ1n) is 4.73. The van der Waals surface area contributed by atoms with Gasteiger partial charge in [0.15, 0.2) is 9.84 Å². The van der Waals surface area contributed by atoms with Crippen molar-refractivity contribution >= 4 is 77.3 Å². The van der Waals surface area contributed by atoms with Gasteiger partial charge in [-0.05, 0) is 56.7 Å². The number of sulfone groups is 1. The quantitative estimate of drug-likeness (QED) is 0.366. The molecule has 0 aliphatic carbocycles. The van der Waals surface area contributed by atoms with E-state index in [4.69, 9.17) is 23.2 Å². The standard InChI is InChI=1S/C10H8BrCl2IO3S/c1-2-18(16,17)10(11,14)9(15)7-4-3-6(12)5-8(7)13/h3-5H,2H2,1H3/t10-/m0/s1. The van der Waals surface area contributed by atoms with Crippen molar-refractivity contribution in [3.63, 3.8) is 0 Å². The zero-order valence-electron chi connectivity index (χ0n) is 9.08. The predicted octanol–water partition coefficient (Wildman–Crippen LogP) is 4.09. The number of carbonyl (C=O) groups excluding carboxylic acids is 1. The Morgan fingerprint density at radius 2 is 2.00 bits per heavy atom. The minimum absolute atomic E-state index is 0.115. The van der Waals surface area contributed by atoms with Crippen molar-refractivity contribution in [2.75, 3.05) is 5.75 Å². The van der Waals surface area contributed by atoms with Crippen LogP contribution in [-0.4, -0.2) is 21.6 Å². The van der Waals surface area contributed by atoms with Crippen LogP contribution >= 0.6 is 61.7 Å².